The Hall–Kier alpha value is -0.290. The lowest BCUT2D eigenvalue weighted by atomic mass is 9.98. The molecule has 0 saturated carbocycles. The van der Waals surface area contributed by atoms with E-state index in [1.165, 1.54) is 0 Å². The monoisotopic (exact) mass is 322 g/mol. The van der Waals surface area contributed by atoms with Gasteiger partial charge in [0.15, 0.2) is 0 Å². The number of hydrogen-bond acceptors (Lipinski definition) is 3. The molecule has 1 fully saturated rings. The van der Waals surface area contributed by atoms with Crippen molar-refractivity contribution in [2.45, 2.75) is 26.3 Å². The highest BCUT2D eigenvalue weighted by Crippen LogP contribution is 2.23. The van der Waals surface area contributed by atoms with E-state index >= 15 is 0 Å². The molecule has 0 bridgehead atoms. The molecule has 0 radical (unpaired) electrons. The van der Waals surface area contributed by atoms with Crippen LogP contribution in [0.25, 0.3) is 0 Å². The van der Waals surface area contributed by atoms with Crippen LogP contribution in [0.1, 0.15) is 24.6 Å². The van der Waals surface area contributed by atoms with Gasteiger partial charge < -0.3 is 10.2 Å². The lowest BCUT2D eigenvalue weighted by Crippen LogP contribution is -2.42. The summed E-state index contributed by atoms with van der Waals surface area (Å²) in [5, 5.41) is 3.30. The average molecular weight is 323 g/mol. The molecule has 1 aromatic rings. The van der Waals surface area contributed by atoms with E-state index in [4.69, 9.17) is 11.6 Å². The first-order chi connectivity index (χ1) is 8.70. The maximum Gasteiger partial charge on any atom is 0.227 e. The maximum absolute atomic E-state index is 12.4. The Morgan fingerprint density at radius 2 is 2.37 bits per heavy atom. The number of hydrogen-bond donors (Lipinski definition) is 1. The molecule has 0 aliphatic carbocycles. The number of piperidine rings is 1. The normalized spacial score (nSPS) is 18.7. The molecule has 2 heterocycles. The second kappa shape index (κ2) is 8.10. The standard InChI is InChI=1S/C13H19ClN2OS.ClH/c1-2-16(9-11-5-6-12(14)18-11)13(17)10-4-3-7-15-8-10;/h5-6,10,15H,2-4,7-9H2,1H3;1H. The van der Waals surface area contributed by atoms with Crippen LogP contribution in [0.2, 0.25) is 4.34 Å². The van der Waals surface area contributed by atoms with Gasteiger partial charge in [-0.05, 0) is 38.4 Å². The van der Waals surface area contributed by atoms with Gasteiger partial charge >= 0.3 is 0 Å². The van der Waals surface area contributed by atoms with Crippen molar-refractivity contribution in [1.82, 2.24) is 10.2 Å². The molecule has 1 saturated heterocycles. The fourth-order valence-corrected chi connectivity index (χ4v) is 3.39. The van der Waals surface area contributed by atoms with E-state index in [0.29, 0.717) is 6.54 Å². The number of rotatable bonds is 4. The van der Waals surface area contributed by atoms with Crippen molar-refractivity contribution >= 4 is 41.3 Å². The highest BCUT2D eigenvalue weighted by Gasteiger charge is 2.25. The highest BCUT2D eigenvalue weighted by molar-refractivity contribution is 7.16. The van der Waals surface area contributed by atoms with E-state index in [9.17, 15) is 4.79 Å². The third kappa shape index (κ3) is 4.63. The van der Waals surface area contributed by atoms with Crippen LogP contribution in [0, 0.1) is 5.92 Å². The molecule has 19 heavy (non-hydrogen) atoms. The van der Waals surface area contributed by atoms with Crippen molar-refractivity contribution in [1.29, 1.82) is 0 Å². The fourth-order valence-electron chi connectivity index (χ4n) is 2.29. The van der Waals surface area contributed by atoms with Crippen molar-refractivity contribution in [3.8, 4) is 0 Å². The third-order valence-electron chi connectivity index (χ3n) is 3.32. The third-order valence-corrected chi connectivity index (χ3v) is 4.53. The predicted octanol–water partition coefficient (Wildman–Crippen LogP) is 3.17. The second-order valence-electron chi connectivity index (χ2n) is 4.60. The quantitative estimate of drug-likeness (QED) is 0.923. The number of amides is 1. The molecule has 1 aliphatic heterocycles. The zero-order valence-corrected chi connectivity index (χ0v) is 13.4. The minimum atomic E-state index is 0. The largest absolute Gasteiger partial charge is 0.338 e. The molecule has 6 heteroatoms. The summed E-state index contributed by atoms with van der Waals surface area (Å²) < 4.78 is 0.785. The van der Waals surface area contributed by atoms with Gasteiger partial charge in [-0.15, -0.1) is 23.7 Å². The van der Waals surface area contributed by atoms with Gasteiger partial charge in [-0.3, -0.25) is 4.79 Å². The summed E-state index contributed by atoms with van der Waals surface area (Å²) in [5.74, 6) is 0.420. The van der Waals surface area contributed by atoms with Crippen molar-refractivity contribution in [3.05, 3.63) is 21.3 Å². The Morgan fingerprint density at radius 3 is 2.89 bits per heavy atom. The van der Waals surface area contributed by atoms with Crippen LogP contribution in [-0.2, 0) is 11.3 Å². The summed E-state index contributed by atoms with van der Waals surface area (Å²) >= 11 is 7.47. The minimum absolute atomic E-state index is 0. The molecular formula is C13H20Cl2N2OS. The molecule has 108 valence electrons. The molecule has 1 aliphatic rings. The smallest absolute Gasteiger partial charge is 0.227 e. The number of nitrogens with zero attached hydrogens (tertiary/aromatic N) is 1. The van der Waals surface area contributed by atoms with Gasteiger partial charge in [0.25, 0.3) is 0 Å². The Balaban J connectivity index is 0.00000180. The van der Waals surface area contributed by atoms with Crippen molar-refractivity contribution in [2.24, 2.45) is 5.92 Å². The number of carbonyl (C=O) groups excluding carboxylic acids is 1. The minimum Gasteiger partial charge on any atom is -0.338 e. The van der Waals surface area contributed by atoms with Gasteiger partial charge in [-0.25, -0.2) is 0 Å². The van der Waals surface area contributed by atoms with Gasteiger partial charge in [-0.1, -0.05) is 11.6 Å². The van der Waals surface area contributed by atoms with Crippen LogP contribution in [0.4, 0.5) is 0 Å². The van der Waals surface area contributed by atoms with E-state index in [0.717, 1.165) is 41.7 Å². The zero-order chi connectivity index (χ0) is 13.0. The molecule has 1 aromatic heterocycles. The second-order valence-corrected chi connectivity index (χ2v) is 6.40. The summed E-state index contributed by atoms with van der Waals surface area (Å²) in [6.07, 6.45) is 2.10. The van der Waals surface area contributed by atoms with E-state index in [-0.39, 0.29) is 24.2 Å². The van der Waals surface area contributed by atoms with E-state index in [2.05, 4.69) is 5.32 Å². The molecule has 0 spiro atoms. The van der Waals surface area contributed by atoms with Crippen LogP contribution in [0.5, 0.6) is 0 Å². The van der Waals surface area contributed by atoms with Crippen molar-refractivity contribution in [2.75, 3.05) is 19.6 Å². The first-order valence-corrected chi connectivity index (χ1v) is 7.64. The molecule has 1 atom stereocenters. The number of thiophene rings is 1. The first-order valence-electron chi connectivity index (χ1n) is 6.44. The van der Waals surface area contributed by atoms with Crippen LogP contribution < -0.4 is 5.32 Å². The summed E-state index contributed by atoms with van der Waals surface area (Å²) in [5.41, 5.74) is 0. The van der Waals surface area contributed by atoms with Crippen LogP contribution in [0.15, 0.2) is 12.1 Å². The summed E-state index contributed by atoms with van der Waals surface area (Å²) in [6, 6.07) is 3.89. The molecule has 1 unspecified atom stereocenters. The SMILES string of the molecule is CCN(Cc1ccc(Cl)s1)C(=O)C1CCCNC1.Cl. The fraction of sp³-hybridized carbons (Fsp3) is 0.615. The van der Waals surface area contributed by atoms with Gasteiger partial charge in [0.2, 0.25) is 5.91 Å². The van der Waals surface area contributed by atoms with Crippen LogP contribution in [0.3, 0.4) is 0 Å². The van der Waals surface area contributed by atoms with Gasteiger partial charge in [0.05, 0.1) is 16.8 Å². The maximum atomic E-state index is 12.4. The average Bonchev–Trinajstić information content (AvgIpc) is 2.82. The number of nitrogens with one attached hydrogen (secondary N) is 1. The van der Waals surface area contributed by atoms with Gasteiger partial charge in [0.1, 0.15) is 0 Å². The highest BCUT2D eigenvalue weighted by atomic mass is 35.5. The Kier molecular flexibility index (Phi) is 7.15. The molecular weight excluding hydrogens is 303 g/mol. The lowest BCUT2D eigenvalue weighted by Gasteiger charge is -2.28. The van der Waals surface area contributed by atoms with Crippen molar-refractivity contribution < 1.29 is 4.79 Å². The van der Waals surface area contributed by atoms with Gasteiger partial charge in [-0.2, -0.15) is 0 Å². The number of halogens is 2. The predicted molar refractivity (Wildman–Crippen MR) is 83.3 cm³/mol. The Bertz CT molecular complexity index is 405. The molecule has 2 rings (SSSR count). The van der Waals surface area contributed by atoms with E-state index in [1.54, 1.807) is 11.3 Å². The molecule has 0 aromatic carbocycles. The van der Waals surface area contributed by atoms with E-state index < -0.39 is 0 Å². The molecule has 1 amide bonds. The zero-order valence-electron chi connectivity index (χ0n) is 11.0. The van der Waals surface area contributed by atoms with Crippen LogP contribution in [-0.4, -0.2) is 30.4 Å². The van der Waals surface area contributed by atoms with E-state index in [1.807, 2.05) is 24.0 Å². The number of carbonyl (C=O) groups is 1. The Labute approximate surface area is 129 Å². The first kappa shape index (κ1) is 16.8. The van der Waals surface area contributed by atoms with Crippen molar-refractivity contribution in [3.63, 3.8) is 0 Å². The topological polar surface area (TPSA) is 32.3 Å². The summed E-state index contributed by atoms with van der Waals surface area (Å²) in [6.45, 7) is 5.33. The molecule has 3 nitrogen and oxygen atoms in total. The Morgan fingerprint density at radius 1 is 1.58 bits per heavy atom. The summed E-state index contributed by atoms with van der Waals surface area (Å²) in [4.78, 5) is 15.5. The molecule has 1 N–H and O–H groups in total. The lowest BCUT2D eigenvalue weighted by molar-refractivity contribution is -0.136. The summed E-state index contributed by atoms with van der Waals surface area (Å²) in [7, 11) is 0. The van der Waals surface area contributed by atoms with Gasteiger partial charge in [0, 0.05) is 18.0 Å². The van der Waals surface area contributed by atoms with Crippen LogP contribution >= 0.6 is 35.3 Å².